The molecule has 0 aliphatic heterocycles. The van der Waals surface area contributed by atoms with Crippen LogP contribution in [0.1, 0.15) is 81.7 Å². The van der Waals surface area contributed by atoms with Gasteiger partial charge in [0.05, 0.1) is 26.8 Å². The Labute approximate surface area is 625 Å². The van der Waals surface area contributed by atoms with Crippen molar-refractivity contribution in [1.82, 2.24) is 0 Å². The second kappa shape index (κ2) is 46.2. The Balaban J connectivity index is 0.000000315. The molecule has 1 N–H and O–H groups in total. The predicted molar refractivity (Wildman–Crippen MR) is 363 cm³/mol. The molecule has 0 radical (unpaired) electrons. The maximum atomic E-state index is 12.0. The number of para-hydroxylation sites is 2. The second-order valence-corrected chi connectivity index (χ2v) is 19.8. The van der Waals surface area contributed by atoms with E-state index in [-0.39, 0.29) is 151 Å². The summed E-state index contributed by atoms with van der Waals surface area (Å²) in [6.07, 6.45) is 7.56. The molecule has 10 aromatic carbocycles. The monoisotopic (exact) mass is 1590 g/mol. The first-order chi connectivity index (χ1) is 46.1. The number of hydrogen-bond acceptors (Lipinski definition) is 15. The summed E-state index contributed by atoms with van der Waals surface area (Å²) in [6, 6.07) is 80.0. The minimum Gasteiger partial charge on any atom is -0.872 e. The third-order valence-corrected chi connectivity index (χ3v) is 13.0. The Kier molecular flexibility index (Phi) is 38.7. The third-order valence-electron chi connectivity index (χ3n) is 13.0. The number of rotatable bonds is 19. The summed E-state index contributed by atoms with van der Waals surface area (Å²) < 4.78 is 9.99. The molecule has 0 bridgehead atoms. The number of benzene rings is 10. The van der Waals surface area contributed by atoms with Gasteiger partial charge < -0.3 is 45.2 Å². The number of aliphatic hydroxyl groups excluding tert-OH is 1. The number of carbonyl (C=O) groups is 4. The minimum atomic E-state index is -0.264. The third kappa shape index (κ3) is 28.9. The maximum absolute atomic E-state index is 12.0. The molecule has 15 nitrogen and oxygen atoms in total. The van der Waals surface area contributed by atoms with Crippen LogP contribution in [0.15, 0.2) is 313 Å². The van der Waals surface area contributed by atoms with E-state index >= 15 is 0 Å². The number of nitrogens with zero attached hydrogens (tertiary/aromatic N) is 2. The van der Waals surface area contributed by atoms with E-state index in [4.69, 9.17) is 14.6 Å². The van der Waals surface area contributed by atoms with E-state index in [2.05, 4.69) is 9.98 Å². The molecule has 97 heavy (non-hydrogen) atoms. The van der Waals surface area contributed by atoms with Crippen molar-refractivity contribution in [2.45, 2.75) is 13.0 Å². The van der Waals surface area contributed by atoms with Crippen molar-refractivity contribution in [2.24, 2.45) is 9.98 Å². The Bertz CT molecular complexity index is 3750. The van der Waals surface area contributed by atoms with Gasteiger partial charge in [0.25, 0.3) is 0 Å². The Morgan fingerprint density at radius 1 is 0.351 bits per heavy atom. The van der Waals surface area contributed by atoms with Crippen molar-refractivity contribution in [3.63, 3.8) is 0 Å². The fourth-order valence-corrected chi connectivity index (χ4v) is 8.11. The van der Waals surface area contributed by atoms with E-state index in [1.807, 2.05) is 55.5 Å². The van der Waals surface area contributed by atoms with Gasteiger partial charge in [0.15, 0.2) is 23.1 Å². The van der Waals surface area contributed by atoms with Crippen LogP contribution in [-0.2, 0) is 0 Å². The molecule has 0 saturated heterocycles. The van der Waals surface area contributed by atoms with E-state index < -0.39 is 0 Å². The zero-order chi connectivity index (χ0) is 68.6. The number of ketones is 4. The molecule has 0 aliphatic carbocycles. The molecule has 10 aromatic rings. The average Bonchev–Trinajstić information content (AvgIpc) is 1.29. The largest absolute Gasteiger partial charge is 3.00 e. The first-order valence-electron chi connectivity index (χ1n) is 29.4. The summed E-state index contributed by atoms with van der Waals surface area (Å²) in [7, 11) is 3.91. The van der Waals surface area contributed by atoms with Crippen molar-refractivity contribution in [3.8, 4) is 23.0 Å². The summed E-state index contributed by atoms with van der Waals surface area (Å²) in [5, 5.41) is 78.0. The predicted octanol–water partition coefficient (Wildman–Crippen LogP) is 10.5. The number of hydrogen-bond donors (Lipinski definition) is 1. The second-order valence-electron chi connectivity index (χ2n) is 19.8. The number of allylic oxidation sites excluding steroid dienone is 4. The van der Waals surface area contributed by atoms with Crippen molar-refractivity contribution in [1.29, 1.82) is 0 Å². The summed E-state index contributed by atoms with van der Waals surface area (Å²) in [5.74, 6) is -1.93. The normalized spacial score (nSPS) is 11.1. The van der Waals surface area contributed by atoms with Crippen LogP contribution in [0.5, 0.6) is 23.0 Å². The maximum Gasteiger partial charge on any atom is 3.00 e. The topological polar surface area (TPSA) is 270 Å². The molecule has 17 heteroatoms. The van der Waals surface area contributed by atoms with Gasteiger partial charge in [0, 0.05) is 41.8 Å². The van der Waals surface area contributed by atoms with Crippen LogP contribution in [0.2, 0.25) is 0 Å². The van der Waals surface area contributed by atoms with Gasteiger partial charge in [-0.15, -0.1) is 0 Å². The van der Waals surface area contributed by atoms with E-state index in [0.717, 1.165) is 31.4 Å². The SMILES string of the molecule is CO.COc1cccc(C=NCC(C)N=Cc2cccc(OC)c2[O-])c1[O-].O=C(/C=C(\[O-])c1ccccc1)c1ccccc1.O=C(/C=C(\[O-])c1ccccc1)c1ccccc1.O=C(/C=C(\[O-])c1ccccc1)c1ccccc1.O=C(/C=C(\[O-])c1ccccc1)c1ccccc1.[Ho+3].[Ho+3]. The summed E-state index contributed by atoms with van der Waals surface area (Å²) >= 11 is 0. The van der Waals surface area contributed by atoms with Gasteiger partial charge in [0.1, 0.15) is 11.5 Å². The fourth-order valence-electron chi connectivity index (χ4n) is 8.11. The van der Waals surface area contributed by atoms with Crippen LogP contribution < -0.4 is 40.1 Å². The number of carbonyl (C=O) groups excluding carboxylic acids is 4. The van der Waals surface area contributed by atoms with Gasteiger partial charge in [-0.25, -0.2) is 0 Å². The minimum absolute atomic E-state index is 0. The first-order valence-corrected chi connectivity index (χ1v) is 29.4. The summed E-state index contributed by atoms with van der Waals surface area (Å²) in [5.41, 5.74) is 5.12. The van der Waals surface area contributed by atoms with Crippen LogP contribution in [0.3, 0.4) is 0 Å². The molecule has 0 amide bonds. The molecule has 0 fully saturated rings. The average molecular weight is 1600 g/mol. The Morgan fingerprint density at radius 3 is 0.794 bits per heavy atom. The standard InChI is InChI=1S/C19H22N2O4.4C15H12O2.CH4O.2Ho/c1-13(21-12-15-7-5-9-17(25-3)19(15)23)10-20-11-14-6-4-8-16(24-2)18(14)22;4*16-14(12-7-3-1-4-8-12)11-15(17)13-9-5-2-6-10-13;1-2;;/h4-9,11-13,22-23H,10H2,1-3H3;4*1-11,16H;2H,1H3;;/q;;;;;;2*+3/p-6/b;4*14-11-;;;. The van der Waals surface area contributed by atoms with E-state index in [1.165, 1.54) is 26.6 Å². The Morgan fingerprint density at radius 2 is 0.567 bits per heavy atom. The number of methoxy groups -OCH3 is 2. The molecule has 10 rings (SSSR count). The molecule has 0 heterocycles. The zero-order valence-electron chi connectivity index (χ0n) is 53.2. The van der Waals surface area contributed by atoms with Gasteiger partial charge in [-0.1, -0.05) is 301 Å². The number of ether oxygens (including phenoxy) is 2. The first kappa shape index (κ1) is 81.3. The zero-order valence-corrected chi connectivity index (χ0v) is 57.0. The van der Waals surface area contributed by atoms with Crippen molar-refractivity contribution >= 4 is 58.6 Å². The van der Waals surface area contributed by atoms with Gasteiger partial charge in [0.2, 0.25) is 0 Å². The van der Waals surface area contributed by atoms with Crippen LogP contribution in [0.25, 0.3) is 23.0 Å². The van der Waals surface area contributed by atoms with Crippen LogP contribution in [-0.4, -0.2) is 74.6 Å². The van der Waals surface area contributed by atoms with Crippen molar-refractivity contribution in [2.75, 3.05) is 27.9 Å². The molecule has 1 atom stereocenters. The van der Waals surface area contributed by atoms with E-state index in [9.17, 15) is 49.8 Å². The molecular weight excluding hydrogens is 1530 g/mol. The van der Waals surface area contributed by atoms with Crippen molar-refractivity contribution in [3.05, 3.63) is 359 Å². The quantitative estimate of drug-likeness (QED) is 0.0260. The smallest absolute Gasteiger partial charge is 0.872 e. The molecule has 0 aromatic heterocycles. The van der Waals surface area contributed by atoms with Gasteiger partial charge in [-0.05, 0) is 76.7 Å². The molecule has 498 valence electrons. The van der Waals surface area contributed by atoms with Gasteiger partial charge in [-0.3, -0.25) is 29.2 Å². The molecular formula is C80H68Ho2N2O13. The molecule has 0 spiro atoms. The van der Waals surface area contributed by atoms with Gasteiger partial charge >= 0.3 is 75.5 Å². The number of aliphatic hydroxyl groups is 1. The van der Waals surface area contributed by atoms with Gasteiger partial charge in [-0.2, -0.15) is 0 Å². The fraction of sp³-hybridized carbons (Fsp3) is 0.0750. The Hall–Kier alpha value is -9.94. The van der Waals surface area contributed by atoms with Crippen LogP contribution in [0.4, 0.5) is 0 Å². The molecule has 0 aliphatic rings. The summed E-state index contributed by atoms with van der Waals surface area (Å²) in [6.45, 7) is 2.27. The van der Waals surface area contributed by atoms with Crippen LogP contribution >= 0.6 is 0 Å². The number of aliphatic imine (C=N–C) groups is 2. The van der Waals surface area contributed by atoms with Crippen LogP contribution in [0, 0.1) is 75.5 Å². The molecule has 1 unspecified atom stereocenters. The molecule has 0 saturated carbocycles. The van der Waals surface area contributed by atoms with E-state index in [0.29, 0.717) is 62.2 Å². The van der Waals surface area contributed by atoms with Crippen molar-refractivity contribution < 1.29 is 140 Å². The van der Waals surface area contributed by atoms with E-state index in [1.54, 1.807) is 231 Å². The summed E-state index contributed by atoms with van der Waals surface area (Å²) in [4.78, 5) is 55.6.